The molecule has 6 saturated heterocycles. The van der Waals surface area contributed by atoms with E-state index >= 15 is 0 Å². The summed E-state index contributed by atoms with van der Waals surface area (Å²) in [5.74, 6) is -0.174. The Kier molecular flexibility index (Phi) is 19.3. The Morgan fingerprint density at radius 3 is 1.70 bits per heavy atom. The van der Waals surface area contributed by atoms with Gasteiger partial charge in [0.05, 0.1) is 54.9 Å². The second kappa shape index (κ2) is 24.7. The van der Waals surface area contributed by atoms with Crippen molar-refractivity contribution in [3.8, 4) is 0 Å². The molecule has 3 saturated carbocycles. The van der Waals surface area contributed by atoms with E-state index in [9.17, 15) is 74.2 Å². The number of aliphatic hydroxyl groups excluding tert-OH is 11. The Hall–Kier alpha value is -1.31. The summed E-state index contributed by atoms with van der Waals surface area (Å²) in [6.45, 7) is 15.6. The first-order valence-corrected chi connectivity index (χ1v) is 31.4. The van der Waals surface area contributed by atoms with Gasteiger partial charge in [0.15, 0.2) is 31.5 Å². The molecule has 84 heavy (non-hydrogen) atoms. The van der Waals surface area contributed by atoms with E-state index in [1.807, 2.05) is 6.92 Å². The number of rotatable bonds is 16. The van der Waals surface area contributed by atoms with Gasteiger partial charge in [-0.2, -0.15) is 8.42 Å². The lowest BCUT2D eigenvalue weighted by Gasteiger charge is -2.60. The van der Waals surface area contributed by atoms with Crippen molar-refractivity contribution in [2.75, 3.05) is 6.61 Å². The summed E-state index contributed by atoms with van der Waals surface area (Å²) in [4.78, 5) is 0. The lowest BCUT2D eigenvalue weighted by molar-refractivity contribution is -0.397. The molecular weight excluding hydrogens is 1140 g/mol. The van der Waals surface area contributed by atoms with Crippen LogP contribution >= 0.6 is 0 Å². The number of aliphatic hydroxyl groups is 12. The third-order valence-corrected chi connectivity index (χ3v) is 21.4. The molecule has 0 aromatic rings. The largest absolute Gasteiger partial charge is 0.397 e. The summed E-state index contributed by atoms with van der Waals surface area (Å²) in [5.41, 5.74) is -0.853. The van der Waals surface area contributed by atoms with E-state index < -0.39 is 194 Å². The Bertz CT molecular complexity index is 2410. The third kappa shape index (κ3) is 12.4. The Balaban J connectivity index is 0.907. The Morgan fingerprint density at radius 1 is 0.595 bits per heavy atom. The Labute approximate surface area is 489 Å². The summed E-state index contributed by atoms with van der Waals surface area (Å²) in [5, 5.41) is 135. The molecule has 6 aliphatic heterocycles. The maximum Gasteiger partial charge on any atom is 0.397 e. The summed E-state index contributed by atoms with van der Waals surface area (Å²) in [7, 11) is -4.86. The van der Waals surface area contributed by atoms with Crippen molar-refractivity contribution in [3.63, 3.8) is 0 Å². The van der Waals surface area contributed by atoms with Crippen molar-refractivity contribution in [2.45, 2.75) is 291 Å². The van der Waals surface area contributed by atoms with Gasteiger partial charge in [-0.15, -0.1) is 0 Å². The standard InChI is InChI=1S/C56H92O27S/c1-20(2)16-31-48(77-31)56(9,68)33-11-10-27-26-18-30(29-17-25(83-84(69,70)71)12-14-54(29,7)28(26)13-15-55(27,33)8)78-51-44(67)45(37(60)24(6)75-51)80-52-46(81-49-42(65)39(62)34(57)21(3)73-49)38(61)32(19-72-52)79-53-47(41(64)36(59)23(5)76-53)82-50-43(66)40(63)35(58)22(4)74-50/h13,20-27,29-53,57-68H,10-12,14-19H2,1-9H3,(H,69,70,71)/t21?,22?,23?,24?,25-,26?,27?,29?,30-,31?,32?,33-,34?,35?,36?,37?,38?,39?,40?,41?,42?,43?,44?,45?,46?,47?,48+,49?,50?,51?,52?,53?,54+,55-,56+/m0/s1. The highest BCUT2D eigenvalue weighted by Crippen LogP contribution is 2.68. The molecule has 0 spiro atoms. The van der Waals surface area contributed by atoms with Crippen LogP contribution in [0.4, 0.5) is 0 Å². The van der Waals surface area contributed by atoms with Crippen LogP contribution in [-0.2, 0) is 66.7 Å². The van der Waals surface area contributed by atoms with Gasteiger partial charge in [0.1, 0.15) is 97.7 Å². The van der Waals surface area contributed by atoms with Crippen LogP contribution in [-0.4, -0.2) is 258 Å². The van der Waals surface area contributed by atoms with Crippen molar-refractivity contribution in [2.24, 2.45) is 40.4 Å². The van der Waals surface area contributed by atoms with Crippen LogP contribution in [0.1, 0.15) is 114 Å². The zero-order chi connectivity index (χ0) is 61.2. The normalized spacial score (nSPS) is 54.2. The van der Waals surface area contributed by atoms with Gasteiger partial charge in [0.25, 0.3) is 0 Å². The first-order chi connectivity index (χ1) is 39.2. The van der Waals surface area contributed by atoms with Crippen molar-refractivity contribution < 1.29 is 131 Å². The average molecular weight is 1230 g/mol. The minimum atomic E-state index is -4.86. The predicted molar refractivity (Wildman–Crippen MR) is 283 cm³/mol. The molecule has 10 aliphatic rings. The maximum absolute atomic E-state index is 12.4. The summed E-state index contributed by atoms with van der Waals surface area (Å²) in [6.07, 6.45) is -34.3. The minimum absolute atomic E-state index is 0.0308. The number of fused-ring (bicyclic) bond motifs is 5. The van der Waals surface area contributed by atoms with Crippen LogP contribution in [0.2, 0.25) is 0 Å². The highest BCUT2D eigenvalue weighted by atomic mass is 32.3. The van der Waals surface area contributed by atoms with E-state index in [1.165, 1.54) is 33.3 Å². The van der Waals surface area contributed by atoms with E-state index in [2.05, 4.69) is 33.8 Å². The SMILES string of the molecule is CC(C)CC1O[C@H]1[C@](C)(O)[C@H]1CCC2C3C[C@H](OC4OC(C)C(O)C(OC5OCC(OC6OC(C)C(O)C(O)C6OC6OC(C)C(O)C(O)C6O)C(O)C5OC5OC(C)C(O)C(O)C5O)C4O)C4C[C@@H](OS(=O)(=O)O)CC[C@]4(C)C3=CC[C@@]21C. The van der Waals surface area contributed by atoms with Gasteiger partial charge in [0.2, 0.25) is 0 Å². The van der Waals surface area contributed by atoms with Gasteiger partial charge in [-0.25, -0.2) is 4.18 Å². The maximum atomic E-state index is 12.4. The van der Waals surface area contributed by atoms with Gasteiger partial charge >= 0.3 is 10.4 Å². The van der Waals surface area contributed by atoms with Crippen LogP contribution in [0.25, 0.3) is 0 Å². The molecule has 28 heteroatoms. The molecule has 0 bridgehead atoms. The number of allylic oxidation sites excluding steroid dienone is 2. The van der Waals surface area contributed by atoms with Gasteiger partial charge in [-0.3, -0.25) is 4.55 Å². The molecule has 484 valence electrons. The molecule has 4 aliphatic carbocycles. The monoisotopic (exact) mass is 1230 g/mol. The van der Waals surface area contributed by atoms with Crippen LogP contribution in [0.15, 0.2) is 11.6 Å². The quantitative estimate of drug-likeness (QED) is 0.0459. The molecule has 0 amide bonds. The van der Waals surface area contributed by atoms with E-state index in [0.29, 0.717) is 31.6 Å². The summed E-state index contributed by atoms with van der Waals surface area (Å²) >= 11 is 0. The highest BCUT2D eigenvalue weighted by Gasteiger charge is 2.67. The number of hydrogen-bond donors (Lipinski definition) is 13. The fourth-order valence-electron chi connectivity index (χ4n) is 16.1. The second-order valence-corrected chi connectivity index (χ2v) is 28.0. The molecule has 0 radical (unpaired) electrons. The van der Waals surface area contributed by atoms with E-state index in [1.54, 1.807) is 0 Å². The Morgan fingerprint density at radius 2 is 1.12 bits per heavy atom. The minimum Gasteiger partial charge on any atom is -0.388 e. The molecule has 0 aromatic heterocycles. The first-order valence-electron chi connectivity index (χ1n) is 30.0. The molecule has 13 N–H and O–H groups in total. The fourth-order valence-corrected chi connectivity index (χ4v) is 16.6. The van der Waals surface area contributed by atoms with Gasteiger partial charge in [-0.1, -0.05) is 39.3 Å². The van der Waals surface area contributed by atoms with Gasteiger partial charge in [-0.05, 0) is 126 Å². The zero-order valence-corrected chi connectivity index (χ0v) is 49.7. The lowest BCUT2D eigenvalue weighted by atomic mass is 9.47. The van der Waals surface area contributed by atoms with Crippen molar-refractivity contribution in [1.29, 1.82) is 0 Å². The molecule has 6 heterocycles. The smallest absolute Gasteiger partial charge is 0.388 e. The molecule has 9 fully saturated rings. The number of hydrogen-bond acceptors (Lipinski definition) is 26. The van der Waals surface area contributed by atoms with E-state index in [0.717, 1.165) is 19.3 Å². The molecular formula is C56H92O27S. The van der Waals surface area contributed by atoms with E-state index in [4.69, 9.17) is 56.3 Å². The van der Waals surface area contributed by atoms with Crippen molar-refractivity contribution in [3.05, 3.63) is 11.6 Å². The predicted octanol–water partition coefficient (Wildman–Crippen LogP) is -1.84. The second-order valence-electron chi connectivity index (χ2n) is 26.9. The molecule has 28 unspecified atom stereocenters. The van der Waals surface area contributed by atoms with E-state index in [-0.39, 0.29) is 41.8 Å². The van der Waals surface area contributed by atoms with Crippen LogP contribution in [0, 0.1) is 40.4 Å². The molecule has 0 aromatic carbocycles. The average Bonchev–Trinajstić information content (AvgIpc) is 1.41. The van der Waals surface area contributed by atoms with Crippen LogP contribution < -0.4 is 0 Å². The first kappa shape index (κ1) is 65.6. The van der Waals surface area contributed by atoms with Crippen molar-refractivity contribution in [1.82, 2.24) is 0 Å². The topological polar surface area (TPSA) is 411 Å². The number of ether oxygens (including phenoxy) is 11. The summed E-state index contributed by atoms with van der Waals surface area (Å²) in [6, 6.07) is 0. The number of epoxide rings is 1. The molecule has 27 nitrogen and oxygen atoms in total. The highest BCUT2D eigenvalue weighted by molar-refractivity contribution is 7.80. The third-order valence-electron chi connectivity index (χ3n) is 20.9. The molecule has 10 rings (SSSR count). The zero-order valence-electron chi connectivity index (χ0n) is 48.9. The summed E-state index contributed by atoms with van der Waals surface area (Å²) < 4.78 is 107. The van der Waals surface area contributed by atoms with Crippen LogP contribution in [0.3, 0.4) is 0 Å². The van der Waals surface area contributed by atoms with Gasteiger partial charge < -0.3 is 113 Å². The van der Waals surface area contributed by atoms with Crippen molar-refractivity contribution >= 4 is 10.4 Å². The molecule has 35 atom stereocenters. The van der Waals surface area contributed by atoms with Gasteiger partial charge in [0, 0.05) is 0 Å². The fraction of sp³-hybridized carbons (Fsp3) is 0.964. The van der Waals surface area contributed by atoms with Crippen LogP contribution in [0.5, 0.6) is 0 Å². The lowest BCUT2D eigenvalue weighted by Crippen LogP contribution is -2.66.